The van der Waals surface area contributed by atoms with Crippen LogP contribution >= 0.6 is 11.6 Å². The second-order valence-corrected chi connectivity index (χ2v) is 6.97. The third-order valence-corrected chi connectivity index (χ3v) is 4.43. The zero-order valence-electron chi connectivity index (χ0n) is 14.1. The Balaban J connectivity index is 1.96. The molecule has 5 heteroatoms. The Morgan fingerprint density at radius 1 is 1.17 bits per heavy atom. The first-order chi connectivity index (χ1) is 10.9. The molecule has 1 saturated carbocycles. The Kier molecular flexibility index (Phi) is 4.44. The monoisotopic (exact) mass is 330 g/mol. The lowest BCUT2D eigenvalue weighted by Gasteiger charge is -2.16. The van der Waals surface area contributed by atoms with E-state index in [9.17, 15) is 0 Å². The molecule has 1 aromatic heterocycles. The predicted octanol–water partition coefficient (Wildman–Crippen LogP) is 5.19. The lowest BCUT2D eigenvalue weighted by atomic mass is 10.1. The van der Waals surface area contributed by atoms with E-state index < -0.39 is 0 Å². The number of aryl methyl sites for hydroxylation is 1. The van der Waals surface area contributed by atoms with Crippen LogP contribution in [0.5, 0.6) is 0 Å². The second-order valence-electron chi connectivity index (χ2n) is 6.56. The summed E-state index contributed by atoms with van der Waals surface area (Å²) in [6.07, 6.45) is 2.43. The van der Waals surface area contributed by atoms with Crippen molar-refractivity contribution in [3.8, 4) is 0 Å². The van der Waals surface area contributed by atoms with Crippen LogP contribution in [0.2, 0.25) is 5.02 Å². The molecule has 2 aromatic rings. The van der Waals surface area contributed by atoms with Gasteiger partial charge in [-0.25, -0.2) is 4.98 Å². The molecule has 0 bridgehead atoms. The van der Waals surface area contributed by atoms with Gasteiger partial charge in [0.05, 0.1) is 5.69 Å². The number of hydrogen-bond acceptors (Lipinski definition) is 4. The van der Waals surface area contributed by atoms with Crippen LogP contribution in [0, 0.1) is 13.8 Å². The maximum Gasteiger partial charge on any atom is 0.225 e. The Hall–Kier alpha value is -1.81. The number of benzene rings is 1. The van der Waals surface area contributed by atoms with E-state index in [2.05, 4.69) is 47.4 Å². The van der Waals surface area contributed by atoms with E-state index in [1.54, 1.807) is 0 Å². The first kappa shape index (κ1) is 16.1. The second kappa shape index (κ2) is 6.36. The van der Waals surface area contributed by atoms with Gasteiger partial charge in [-0.05, 0) is 57.7 Å². The van der Waals surface area contributed by atoms with E-state index in [4.69, 9.17) is 11.6 Å². The molecule has 0 unspecified atom stereocenters. The molecule has 1 aromatic carbocycles. The molecule has 0 radical (unpaired) electrons. The first-order valence-electron chi connectivity index (χ1n) is 8.12. The van der Waals surface area contributed by atoms with Crippen molar-refractivity contribution in [3.05, 3.63) is 40.0 Å². The topological polar surface area (TPSA) is 49.8 Å². The fourth-order valence-electron chi connectivity index (χ4n) is 2.58. The van der Waals surface area contributed by atoms with Crippen LogP contribution in [0.3, 0.4) is 0 Å². The lowest BCUT2D eigenvalue weighted by molar-refractivity contribution is 0.864. The number of nitrogens with zero attached hydrogens (tertiary/aromatic N) is 2. The summed E-state index contributed by atoms with van der Waals surface area (Å²) in [5.74, 6) is 2.08. The van der Waals surface area contributed by atoms with Gasteiger partial charge in [0.15, 0.2) is 0 Å². The fourth-order valence-corrected chi connectivity index (χ4v) is 2.74. The van der Waals surface area contributed by atoms with E-state index in [0.717, 1.165) is 33.3 Å². The molecule has 0 spiro atoms. The summed E-state index contributed by atoms with van der Waals surface area (Å²) in [5.41, 5.74) is 4.32. The van der Waals surface area contributed by atoms with E-state index in [1.807, 2.05) is 19.1 Å². The highest BCUT2D eigenvalue weighted by atomic mass is 35.5. The van der Waals surface area contributed by atoms with Crippen molar-refractivity contribution in [1.82, 2.24) is 9.97 Å². The summed E-state index contributed by atoms with van der Waals surface area (Å²) in [6.45, 7) is 8.27. The van der Waals surface area contributed by atoms with Crippen LogP contribution in [0.15, 0.2) is 18.2 Å². The van der Waals surface area contributed by atoms with Gasteiger partial charge in [0, 0.05) is 28.7 Å². The number of anilines is 3. The molecule has 0 saturated heterocycles. The van der Waals surface area contributed by atoms with E-state index in [-0.39, 0.29) is 0 Å². The summed E-state index contributed by atoms with van der Waals surface area (Å²) < 4.78 is 0. The van der Waals surface area contributed by atoms with E-state index >= 15 is 0 Å². The highest BCUT2D eigenvalue weighted by Gasteiger charge is 2.26. The largest absolute Gasteiger partial charge is 0.352 e. The lowest BCUT2D eigenvalue weighted by Crippen LogP contribution is -2.14. The van der Waals surface area contributed by atoms with Crippen LogP contribution in [-0.2, 0) is 0 Å². The summed E-state index contributed by atoms with van der Waals surface area (Å²) in [5, 5.41) is 7.51. The molecule has 1 fully saturated rings. The summed E-state index contributed by atoms with van der Waals surface area (Å²) in [6, 6.07) is 6.31. The van der Waals surface area contributed by atoms with Gasteiger partial charge >= 0.3 is 0 Å². The van der Waals surface area contributed by atoms with Crippen LogP contribution in [-0.4, -0.2) is 16.0 Å². The number of rotatable bonds is 5. The van der Waals surface area contributed by atoms with Gasteiger partial charge in [-0.2, -0.15) is 4.98 Å². The molecule has 1 aliphatic carbocycles. The SMILES string of the molecule is Cc1ccc(Cl)c(C)c1Nc1cc(C2CC2)nc(NC(C)C)n1. The maximum absolute atomic E-state index is 6.26. The number of nitrogens with one attached hydrogen (secondary N) is 2. The number of hydrogen-bond donors (Lipinski definition) is 2. The van der Waals surface area contributed by atoms with Crippen LogP contribution < -0.4 is 10.6 Å². The molecule has 2 N–H and O–H groups in total. The smallest absolute Gasteiger partial charge is 0.225 e. The number of aromatic nitrogens is 2. The van der Waals surface area contributed by atoms with Crippen LogP contribution in [0.25, 0.3) is 0 Å². The molecular formula is C18H23ClN4. The minimum Gasteiger partial charge on any atom is -0.352 e. The number of halogens is 1. The molecule has 0 atom stereocenters. The normalized spacial score (nSPS) is 14.2. The molecule has 0 amide bonds. The van der Waals surface area contributed by atoms with Gasteiger partial charge in [-0.3, -0.25) is 0 Å². The highest BCUT2D eigenvalue weighted by Crippen LogP contribution is 2.40. The summed E-state index contributed by atoms with van der Waals surface area (Å²) >= 11 is 6.26. The van der Waals surface area contributed by atoms with Gasteiger partial charge in [0.25, 0.3) is 0 Å². The van der Waals surface area contributed by atoms with Crippen molar-refractivity contribution < 1.29 is 0 Å². The van der Waals surface area contributed by atoms with Crippen molar-refractivity contribution in [1.29, 1.82) is 0 Å². The molecule has 4 nitrogen and oxygen atoms in total. The zero-order chi connectivity index (χ0) is 16.6. The molecule has 1 heterocycles. The van der Waals surface area contributed by atoms with Gasteiger partial charge in [-0.15, -0.1) is 0 Å². The third-order valence-electron chi connectivity index (χ3n) is 4.02. The van der Waals surface area contributed by atoms with Crippen molar-refractivity contribution in [3.63, 3.8) is 0 Å². The standard InChI is InChI=1S/C18H23ClN4/c1-10(2)20-18-21-15(13-6-7-13)9-16(23-18)22-17-11(3)5-8-14(19)12(17)4/h5,8-10,13H,6-7H2,1-4H3,(H2,20,21,22,23). The van der Waals surface area contributed by atoms with Crippen molar-refractivity contribution in [2.24, 2.45) is 0 Å². The molecule has 0 aliphatic heterocycles. The van der Waals surface area contributed by atoms with Crippen molar-refractivity contribution in [2.75, 3.05) is 10.6 Å². The fraction of sp³-hybridized carbons (Fsp3) is 0.444. The Labute approximate surface area is 142 Å². The average molecular weight is 331 g/mol. The van der Waals surface area contributed by atoms with Crippen LogP contribution in [0.1, 0.15) is 49.4 Å². The van der Waals surface area contributed by atoms with Gasteiger partial charge in [0.1, 0.15) is 5.82 Å². The third kappa shape index (κ3) is 3.75. The molecule has 3 rings (SSSR count). The first-order valence-corrected chi connectivity index (χ1v) is 8.50. The van der Waals surface area contributed by atoms with E-state index in [0.29, 0.717) is 17.9 Å². The summed E-state index contributed by atoms with van der Waals surface area (Å²) in [4.78, 5) is 9.27. The highest BCUT2D eigenvalue weighted by molar-refractivity contribution is 6.31. The van der Waals surface area contributed by atoms with Gasteiger partial charge in [-0.1, -0.05) is 17.7 Å². The molecular weight excluding hydrogens is 308 g/mol. The maximum atomic E-state index is 6.26. The summed E-state index contributed by atoms with van der Waals surface area (Å²) in [7, 11) is 0. The van der Waals surface area contributed by atoms with Crippen molar-refractivity contribution in [2.45, 2.75) is 52.5 Å². The Bertz CT molecular complexity index is 723. The average Bonchev–Trinajstić information content (AvgIpc) is 3.31. The minimum atomic E-state index is 0.298. The zero-order valence-corrected chi connectivity index (χ0v) is 14.8. The Morgan fingerprint density at radius 3 is 2.57 bits per heavy atom. The van der Waals surface area contributed by atoms with E-state index in [1.165, 1.54) is 12.8 Å². The molecule has 1 aliphatic rings. The molecule has 122 valence electrons. The van der Waals surface area contributed by atoms with Gasteiger partial charge < -0.3 is 10.6 Å². The minimum absolute atomic E-state index is 0.298. The predicted molar refractivity (Wildman–Crippen MR) is 97.0 cm³/mol. The van der Waals surface area contributed by atoms with Crippen LogP contribution in [0.4, 0.5) is 17.5 Å². The Morgan fingerprint density at radius 2 is 1.91 bits per heavy atom. The molecule has 23 heavy (non-hydrogen) atoms. The van der Waals surface area contributed by atoms with Crippen molar-refractivity contribution >= 4 is 29.1 Å². The quantitative estimate of drug-likeness (QED) is 0.792. The van der Waals surface area contributed by atoms with Gasteiger partial charge in [0.2, 0.25) is 5.95 Å².